The van der Waals surface area contributed by atoms with Crippen LogP contribution in [0.2, 0.25) is 5.02 Å². The topological polar surface area (TPSA) is 20.2 Å². The molecule has 0 atom stereocenters. The van der Waals surface area contributed by atoms with E-state index in [9.17, 15) is 9.50 Å². The number of aromatic hydroxyl groups is 1. The first-order valence-corrected chi connectivity index (χ1v) is 6.55. The van der Waals surface area contributed by atoms with Crippen LogP contribution in [-0.2, 0) is 0 Å². The molecule has 0 fully saturated rings. The molecule has 1 nitrogen and oxygen atoms in total. The van der Waals surface area contributed by atoms with Crippen molar-refractivity contribution in [3.63, 3.8) is 0 Å². The molecule has 0 bridgehead atoms. The SMILES string of the molecule is CSc1cc(F)cc(-c2ccccc2Cl)c1O. The van der Waals surface area contributed by atoms with Crippen LogP contribution in [0.15, 0.2) is 41.3 Å². The lowest BCUT2D eigenvalue weighted by atomic mass is 10.0. The Morgan fingerprint density at radius 1 is 1.18 bits per heavy atom. The smallest absolute Gasteiger partial charge is 0.137 e. The fraction of sp³-hybridized carbons (Fsp3) is 0.0769. The maximum atomic E-state index is 13.4. The first-order chi connectivity index (χ1) is 8.13. The Labute approximate surface area is 108 Å². The van der Waals surface area contributed by atoms with E-state index in [1.165, 1.54) is 23.9 Å². The zero-order chi connectivity index (χ0) is 12.4. The van der Waals surface area contributed by atoms with E-state index in [1.54, 1.807) is 30.5 Å². The minimum atomic E-state index is -0.387. The Morgan fingerprint density at radius 3 is 2.53 bits per heavy atom. The molecular formula is C13H10ClFOS. The second kappa shape index (κ2) is 4.98. The molecule has 0 radical (unpaired) electrons. The predicted octanol–water partition coefficient (Wildman–Crippen LogP) is 4.57. The summed E-state index contributed by atoms with van der Waals surface area (Å²) < 4.78 is 13.4. The van der Waals surface area contributed by atoms with Crippen molar-refractivity contribution in [2.24, 2.45) is 0 Å². The highest BCUT2D eigenvalue weighted by molar-refractivity contribution is 7.98. The predicted molar refractivity (Wildman–Crippen MR) is 70.3 cm³/mol. The molecule has 2 rings (SSSR count). The summed E-state index contributed by atoms with van der Waals surface area (Å²) in [5.74, 6) is -0.325. The summed E-state index contributed by atoms with van der Waals surface area (Å²) in [6.07, 6.45) is 1.78. The summed E-state index contributed by atoms with van der Waals surface area (Å²) in [5, 5.41) is 10.5. The molecule has 0 saturated carbocycles. The summed E-state index contributed by atoms with van der Waals surface area (Å²) in [5.41, 5.74) is 1.04. The first kappa shape index (κ1) is 12.3. The number of phenols is 1. The Bertz CT molecular complexity index is 557. The van der Waals surface area contributed by atoms with Crippen LogP contribution in [0.25, 0.3) is 11.1 Å². The van der Waals surface area contributed by atoms with Gasteiger partial charge in [0.05, 0.1) is 4.90 Å². The highest BCUT2D eigenvalue weighted by Crippen LogP contribution is 2.40. The molecule has 0 aliphatic rings. The fourth-order valence-electron chi connectivity index (χ4n) is 1.61. The summed E-state index contributed by atoms with van der Waals surface area (Å²) in [4.78, 5) is 0.500. The van der Waals surface area contributed by atoms with Crippen molar-refractivity contribution in [2.75, 3.05) is 6.26 Å². The van der Waals surface area contributed by atoms with Gasteiger partial charge in [-0.2, -0.15) is 0 Å². The third kappa shape index (κ3) is 2.40. The van der Waals surface area contributed by atoms with Crippen molar-refractivity contribution in [3.05, 3.63) is 47.2 Å². The molecular weight excluding hydrogens is 259 g/mol. The molecule has 0 unspecified atom stereocenters. The lowest BCUT2D eigenvalue weighted by Gasteiger charge is -2.10. The standard InChI is InChI=1S/C13H10ClFOS/c1-17-12-7-8(15)6-10(13(12)16)9-4-2-3-5-11(9)14/h2-7,16H,1H3. The van der Waals surface area contributed by atoms with E-state index in [-0.39, 0.29) is 11.6 Å². The summed E-state index contributed by atoms with van der Waals surface area (Å²) in [6.45, 7) is 0. The molecule has 0 heterocycles. The lowest BCUT2D eigenvalue weighted by Crippen LogP contribution is -1.86. The third-order valence-electron chi connectivity index (χ3n) is 2.42. The zero-order valence-electron chi connectivity index (χ0n) is 9.08. The second-order valence-electron chi connectivity index (χ2n) is 3.48. The van der Waals surface area contributed by atoms with Crippen molar-refractivity contribution in [2.45, 2.75) is 4.90 Å². The molecule has 4 heteroatoms. The Kier molecular flexibility index (Phi) is 3.60. The van der Waals surface area contributed by atoms with Gasteiger partial charge >= 0.3 is 0 Å². The Morgan fingerprint density at radius 2 is 1.88 bits per heavy atom. The van der Waals surface area contributed by atoms with Crippen molar-refractivity contribution in [3.8, 4) is 16.9 Å². The molecule has 0 aliphatic heterocycles. The van der Waals surface area contributed by atoms with Crippen LogP contribution in [0.1, 0.15) is 0 Å². The van der Waals surface area contributed by atoms with Crippen LogP contribution in [-0.4, -0.2) is 11.4 Å². The summed E-state index contributed by atoms with van der Waals surface area (Å²) in [6, 6.07) is 9.64. The van der Waals surface area contributed by atoms with E-state index >= 15 is 0 Å². The van der Waals surface area contributed by atoms with E-state index < -0.39 is 0 Å². The van der Waals surface area contributed by atoms with Gasteiger partial charge in [-0.25, -0.2) is 4.39 Å². The van der Waals surface area contributed by atoms with Crippen LogP contribution in [0.4, 0.5) is 4.39 Å². The van der Waals surface area contributed by atoms with Crippen molar-refractivity contribution in [1.82, 2.24) is 0 Å². The van der Waals surface area contributed by atoms with Gasteiger partial charge < -0.3 is 5.11 Å². The van der Waals surface area contributed by atoms with Crippen LogP contribution >= 0.6 is 23.4 Å². The number of rotatable bonds is 2. The normalized spacial score (nSPS) is 10.5. The molecule has 0 spiro atoms. The first-order valence-electron chi connectivity index (χ1n) is 4.95. The van der Waals surface area contributed by atoms with E-state index in [2.05, 4.69) is 0 Å². The summed E-state index contributed by atoms with van der Waals surface area (Å²) in [7, 11) is 0. The highest BCUT2D eigenvalue weighted by atomic mass is 35.5. The molecule has 0 saturated heterocycles. The molecule has 0 aromatic heterocycles. The van der Waals surface area contributed by atoms with E-state index in [0.29, 0.717) is 21.0 Å². The number of hydrogen-bond donors (Lipinski definition) is 1. The number of benzene rings is 2. The molecule has 88 valence electrons. The average molecular weight is 269 g/mol. The van der Waals surface area contributed by atoms with Gasteiger partial charge in [0.25, 0.3) is 0 Å². The average Bonchev–Trinajstić information content (AvgIpc) is 2.32. The minimum absolute atomic E-state index is 0.0620. The monoisotopic (exact) mass is 268 g/mol. The van der Waals surface area contributed by atoms with E-state index in [4.69, 9.17) is 11.6 Å². The van der Waals surface area contributed by atoms with Gasteiger partial charge in [-0.05, 0) is 24.5 Å². The van der Waals surface area contributed by atoms with Crippen molar-refractivity contribution >= 4 is 23.4 Å². The van der Waals surface area contributed by atoms with Crippen molar-refractivity contribution in [1.29, 1.82) is 0 Å². The number of halogens is 2. The molecule has 17 heavy (non-hydrogen) atoms. The van der Waals surface area contributed by atoms with Gasteiger partial charge in [0.2, 0.25) is 0 Å². The van der Waals surface area contributed by atoms with Gasteiger partial charge in [0.15, 0.2) is 0 Å². The quantitative estimate of drug-likeness (QED) is 0.805. The third-order valence-corrected chi connectivity index (χ3v) is 3.50. The van der Waals surface area contributed by atoms with Gasteiger partial charge in [-0.1, -0.05) is 29.8 Å². The van der Waals surface area contributed by atoms with Gasteiger partial charge in [0.1, 0.15) is 11.6 Å². The van der Waals surface area contributed by atoms with Gasteiger partial charge in [-0.3, -0.25) is 0 Å². The minimum Gasteiger partial charge on any atom is -0.506 e. The number of phenolic OH excluding ortho intramolecular Hbond substituents is 1. The van der Waals surface area contributed by atoms with Gasteiger partial charge in [0, 0.05) is 16.1 Å². The second-order valence-corrected chi connectivity index (χ2v) is 4.74. The van der Waals surface area contributed by atoms with Crippen molar-refractivity contribution < 1.29 is 9.50 Å². The largest absolute Gasteiger partial charge is 0.506 e. The van der Waals surface area contributed by atoms with Crippen LogP contribution in [0.5, 0.6) is 5.75 Å². The molecule has 2 aromatic rings. The van der Waals surface area contributed by atoms with Crippen LogP contribution in [0.3, 0.4) is 0 Å². The van der Waals surface area contributed by atoms with Crippen LogP contribution in [0, 0.1) is 5.82 Å². The maximum absolute atomic E-state index is 13.4. The van der Waals surface area contributed by atoms with E-state index in [0.717, 1.165) is 0 Å². The molecule has 2 aromatic carbocycles. The lowest BCUT2D eigenvalue weighted by molar-refractivity contribution is 0.461. The Balaban J connectivity index is 2.67. The molecule has 0 aliphatic carbocycles. The number of thioether (sulfide) groups is 1. The molecule has 0 amide bonds. The maximum Gasteiger partial charge on any atom is 0.137 e. The van der Waals surface area contributed by atoms with Gasteiger partial charge in [-0.15, -0.1) is 11.8 Å². The summed E-state index contributed by atoms with van der Waals surface area (Å²) >= 11 is 7.33. The highest BCUT2D eigenvalue weighted by Gasteiger charge is 2.13. The number of hydrogen-bond acceptors (Lipinski definition) is 2. The zero-order valence-corrected chi connectivity index (χ0v) is 10.6. The Hall–Kier alpha value is -1.19. The fourth-order valence-corrected chi connectivity index (χ4v) is 2.39. The molecule has 1 N–H and O–H groups in total. The van der Waals surface area contributed by atoms with Crippen LogP contribution < -0.4 is 0 Å². The van der Waals surface area contributed by atoms with E-state index in [1.807, 2.05) is 0 Å².